The third kappa shape index (κ3) is 2.15. The zero-order valence-electron chi connectivity index (χ0n) is 6.71. The van der Waals surface area contributed by atoms with E-state index in [0.717, 1.165) is 12.1 Å². The lowest BCUT2D eigenvalue weighted by molar-refractivity contribution is -0.139. The Labute approximate surface area is 76.7 Å². The summed E-state index contributed by atoms with van der Waals surface area (Å²) in [5.74, 6) is -1.18. The quantitative estimate of drug-likeness (QED) is 0.752. The summed E-state index contributed by atoms with van der Waals surface area (Å²) in [4.78, 5) is 9.85. The van der Waals surface area contributed by atoms with Crippen LogP contribution in [-0.4, -0.2) is 11.6 Å². The van der Waals surface area contributed by atoms with E-state index in [1.807, 2.05) is 0 Å². The SMILES string of the molecule is O=COc1ccc(O)c(C(F)(F)F)c1. The van der Waals surface area contributed by atoms with Crippen LogP contribution >= 0.6 is 0 Å². The molecule has 0 aliphatic rings. The normalized spacial score (nSPS) is 11.1. The third-order valence-electron chi connectivity index (χ3n) is 1.46. The maximum Gasteiger partial charge on any atom is 0.420 e. The summed E-state index contributed by atoms with van der Waals surface area (Å²) in [6.07, 6.45) is -4.67. The minimum Gasteiger partial charge on any atom is -0.507 e. The second-order valence-electron chi connectivity index (χ2n) is 2.39. The van der Waals surface area contributed by atoms with Crippen molar-refractivity contribution in [2.75, 3.05) is 0 Å². The third-order valence-corrected chi connectivity index (χ3v) is 1.46. The van der Waals surface area contributed by atoms with Crippen molar-refractivity contribution in [1.82, 2.24) is 0 Å². The van der Waals surface area contributed by atoms with Crippen LogP contribution in [-0.2, 0) is 11.0 Å². The minimum absolute atomic E-state index is 0.00648. The van der Waals surface area contributed by atoms with Gasteiger partial charge in [-0.2, -0.15) is 13.2 Å². The molecule has 0 heterocycles. The highest BCUT2D eigenvalue weighted by Gasteiger charge is 2.34. The molecule has 1 N–H and O–H groups in total. The zero-order chi connectivity index (χ0) is 10.8. The van der Waals surface area contributed by atoms with Crippen molar-refractivity contribution < 1.29 is 27.8 Å². The molecule has 0 aliphatic carbocycles. The highest BCUT2D eigenvalue weighted by Crippen LogP contribution is 2.37. The van der Waals surface area contributed by atoms with Crippen molar-refractivity contribution in [2.24, 2.45) is 0 Å². The molecule has 76 valence electrons. The first-order valence-corrected chi connectivity index (χ1v) is 3.45. The van der Waals surface area contributed by atoms with Crippen LogP contribution in [0.3, 0.4) is 0 Å². The van der Waals surface area contributed by atoms with Gasteiger partial charge in [-0.05, 0) is 18.2 Å². The molecule has 1 aromatic rings. The van der Waals surface area contributed by atoms with Gasteiger partial charge < -0.3 is 9.84 Å². The van der Waals surface area contributed by atoms with Crippen LogP contribution in [0.4, 0.5) is 13.2 Å². The number of benzene rings is 1. The predicted molar refractivity (Wildman–Crippen MR) is 39.8 cm³/mol. The van der Waals surface area contributed by atoms with E-state index in [-0.39, 0.29) is 12.2 Å². The molecule has 0 saturated heterocycles. The standard InChI is InChI=1S/C8H5F3O3/c9-8(10,11)6-3-5(14-4-12)1-2-7(6)13/h1-4,13H. The van der Waals surface area contributed by atoms with Crippen LogP contribution < -0.4 is 4.74 Å². The second kappa shape index (κ2) is 3.57. The molecule has 0 amide bonds. The fourth-order valence-electron chi connectivity index (χ4n) is 0.871. The summed E-state index contributed by atoms with van der Waals surface area (Å²) in [5.41, 5.74) is -1.24. The number of halogens is 3. The molecule has 0 fully saturated rings. The Morgan fingerprint density at radius 2 is 2.00 bits per heavy atom. The first-order chi connectivity index (χ1) is 6.45. The van der Waals surface area contributed by atoms with E-state index in [2.05, 4.69) is 4.74 Å². The lowest BCUT2D eigenvalue weighted by Gasteiger charge is -2.09. The maximum atomic E-state index is 12.2. The Hall–Kier alpha value is -1.72. The number of hydrogen-bond acceptors (Lipinski definition) is 3. The molecular weight excluding hydrogens is 201 g/mol. The Morgan fingerprint density at radius 1 is 1.36 bits per heavy atom. The summed E-state index contributed by atoms with van der Waals surface area (Å²) >= 11 is 0. The topological polar surface area (TPSA) is 46.5 Å². The highest BCUT2D eigenvalue weighted by atomic mass is 19.4. The average Bonchev–Trinajstić information content (AvgIpc) is 2.07. The molecular formula is C8H5F3O3. The Morgan fingerprint density at radius 3 is 2.50 bits per heavy atom. The molecule has 3 nitrogen and oxygen atoms in total. The van der Waals surface area contributed by atoms with E-state index < -0.39 is 17.5 Å². The van der Waals surface area contributed by atoms with Crippen molar-refractivity contribution in [1.29, 1.82) is 0 Å². The largest absolute Gasteiger partial charge is 0.507 e. The number of alkyl halides is 3. The molecule has 0 spiro atoms. The molecule has 0 saturated carbocycles. The second-order valence-corrected chi connectivity index (χ2v) is 2.39. The lowest BCUT2D eigenvalue weighted by atomic mass is 10.2. The van der Waals surface area contributed by atoms with Crippen molar-refractivity contribution in [3.8, 4) is 11.5 Å². The molecule has 0 bridgehead atoms. The molecule has 1 rings (SSSR count). The van der Waals surface area contributed by atoms with E-state index in [0.29, 0.717) is 6.07 Å². The highest BCUT2D eigenvalue weighted by molar-refractivity contribution is 5.48. The summed E-state index contributed by atoms with van der Waals surface area (Å²) in [5, 5.41) is 8.87. The molecule has 14 heavy (non-hydrogen) atoms. The number of ether oxygens (including phenoxy) is 1. The van der Waals surface area contributed by atoms with Gasteiger partial charge in [0, 0.05) is 0 Å². The van der Waals surface area contributed by atoms with Gasteiger partial charge in [-0.25, -0.2) is 0 Å². The maximum absolute atomic E-state index is 12.2. The molecule has 0 unspecified atom stereocenters. The lowest BCUT2D eigenvalue weighted by Crippen LogP contribution is -2.05. The van der Waals surface area contributed by atoms with E-state index in [4.69, 9.17) is 5.11 Å². The predicted octanol–water partition coefficient (Wildman–Crippen LogP) is 1.95. The summed E-state index contributed by atoms with van der Waals surface area (Å²) in [6, 6.07) is 2.41. The van der Waals surface area contributed by atoms with Crippen molar-refractivity contribution in [2.45, 2.75) is 6.18 Å². The average molecular weight is 206 g/mol. The summed E-state index contributed by atoms with van der Waals surface area (Å²) in [6.45, 7) is 0.00648. The number of aromatic hydroxyl groups is 1. The van der Waals surface area contributed by atoms with Gasteiger partial charge >= 0.3 is 6.18 Å². The smallest absolute Gasteiger partial charge is 0.420 e. The van der Waals surface area contributed by atoms with E-state index in [1.165, 1.54) is 0 Å². The van der Waals surface area contributed by atoms with Gasteiger partial charge in [0.25, 0.3) is 6.47 Å². The van der Waals surface area contributed by atoms with Crippen molar-refractivity contribution >= 4 is 6.47 Å². The van der Waals surface area contributed by atoms with Gasteiger partial charge in [-0.1, -0.05) is 0 Å². The van der Waals surface area contributed by atoms with Crippen LogP contribution in [0.5, 0.6) is 11.5 Å². The molecule has 0 aromatic heterocycles. The Balaban J connectivity index is 3.15. The van der Waals surface area contributed by atoms with Gasteiger partial charge in [0.15, 0.2) is 0 Å². The van der Waals surface area contributed by atoms with Gasteiger partial charge in [0.2, 0.25) is 0 Å². The summed E-state index contributed by atoms with van der Waals surface area (Å²) in [7, 11) is 0. The fraction of sp³-hybridized carbons (Fsp3) is 0.125. The monoisotopic (exact) mass is 206 g/mol. The number of rotatable bonds is 2. The van der Waals surface area contributed by atoms with Crippen molar-refractivity contribution in [3.05, 3.63) is 23.8 Å². The van der Waals surface area contributed by atoms with Gasteiger partial charge in [-0.15, -0.1) is 0 Å². The summed E-state index contributed by atoms with van der Waals surface area (Å²) < 4.78 is 40.7. The Kier molecular flexibility index (Phi) is 2.64. The van der Waals surface area contributed by atoms with Crippen LogP contribution in [0.25, 0.3) is 0 Å². The van der Waals surface area contributed by atoms with Gasteiger partial charge in [0.05, 0.1) is 0 Å². The van der Waals surface area contributed by atoms with Crippen molar-refractivity contribution in [3.63, 3.8) is 0 Å². The minimum atomic E-state index is -4.67. The number of carbonyl (C=O) groups is 1. The first-order valence-electron chi connectivity index (χ1n) is 3.45. The van der Waals surface area contributed by atoms with Crippen LogP contribution in [0.1, 0.15) is 5.56 Å². The van der Waals surface area contributed by atoms with Crippen LogP contribution in [0.15, 0.2) is 18.2 Å². The molecule has 0 aliphatic heterocycles. The number of phenolic OH excluding ortho intramolecular Hbond substituents is 1. The van der Waals surface area contributed by atoms with Crippen LogP contribution in [0.2, 0.25) is 0 Å². The van der Waals surface area contributed by atoms with Gasteiger partial charge in [-0.3, -0.25) is 4.79 Å². The molecule has 1 aromatic carbocycles. The van der Waals surface area contributed by atoms with E-state index in [1.54, 1.807) is 0 Å². The van der Waals surface area contributed by atoms with Crippen LogP contribution in [0, 0.1) is 0 Å². The molecule has 0 atom stereocenters. The van der Waals surface area contributed by atoms with E-state index >= 15 is 0 Å². The fourth-order valence-corrected chi connectivity index (χ4v) is 0.871. The number of carbonyl (C=O) groups excluding carboxylic acids is 1. The van der Waals surface area contributed by atoms with Gasteiger partial charge in [0.1, 0.15) is 17.1 Å². The van der Waals surface area contributed by atoms with E-state index in [9.17, 15) is 18.0 Å². The number of phenols is 1. The molecule has 0 radical (unpaired) electrons. The Bertz CT molecular complexity index is 346. The zero-order valence-corrected chi connectivity index (χ0v) is 6.71. The number of hydrogen-bond donors (Lipinski definition) is 1. The molecule has 6 heteroatoms. The first kappa shape index (κ1) is 10.4.